The Kier molecular flexibility index (Phi) is 3.83. The molecule has 0 amide bonds. The Bertz CT molecular complexity index is 829. The van der Waals surface area contributed by atoms with Gasteiger partial charge in [-0.3, -0.25) is 9.36 Å². The van der Waals surface area contributed by atoms with Gasteiger partial charge < -0.3 is 5.11 Å². The maximum Gasteiger partial charge on any atom is 0.326 e. The van der Waals surface area contributed by atoms with Crippen molar-refractivity contribution in [1.29, 1.82) is 0 Å². The van der Waals surface area contributed by atoms with Gasteiger partial charge in [0.1, 0.15) is 10.9 Å². The van der Waals surface area contributed by atoms with Crippen LogP contribution in [-0.2, 0) is 17.6 Å². The summed E-state index contributed by atoms with van der Waals surface area (Å²) in [4.78, 5) is 30.3. The van der Waals surface area contributed by atoms with Crippen LogP contribution in [0, 0.1) is 11.3 Å². The summed E-state index contributed by atoms with van der Waals surface area (Å²) in [6.07, 6.45) is 4.28. The number of carbonyl (C=O) groups is 1. The fourth-order valence-electron chi connectivity index (χ4n) is 3.31. The van der Waals surface area contributed by atoms with Gasteiger partial charge in [0.15, 0.2) is 0 Å². The Balaban J connectivity index is 2.11. The van der Waals surface area contributed by atoms with Gasteiger partial charge in [-0.2, -0.15) is 0 Å². The molecule has 6 heteroatoms. The van der Waals surface area contributed by atoms with Gasteiger partial charge in [0.25, 0.3) is 5.56 Å². The monoisotopic (exact) mass is 334 g/mol. The Hall–Kier alpha value is -1.69. The van der Waals surface area contributed by atoms with Crippen molar-refractivity contribution in [2.75, 3.05) is 0 Å². The van der Waals surface area contributed by atoms with Crippen molar-refractivity contribution in [3.8, 4) is 0 Å². The number of carboxylic acids is 1. The Morgan fingerprint density at radius 1 is 1.48 bits per heavy atom. The number of thiophene rings is 1. The van der Waals surface area contributed by atoms with Crippen LogP contribution in [0.1, 0.15) is 50.6 Å². The summed E-state index contributed by atoms with van der Waals surface area (Å²) >= 11 is 1.59. The molecule has 3 rings (SSSR count). The van der Waals surface area contributed by atoms with Gasteiger partial charge in [-0.15, -0.1) is 11.3 Å². The third-order valence-corrected chi connectivity index (χ3v) is 6.16. The summed E-state index contributed by atoms with van der Waals surface area (Å²) in [5.41, 5.74) is 1.12. The van der Waals surface area contributed by atoms with Gasteiger partial charge in [0.05, 0.1) is 11.7 Å². The van der Waals surface area contributed by atoms with Crippen LogP contribution in [0.5, 0.6) is 0 Å². The number of aliphatic carboxylic acids is 1. The first-order chi connectivity index (χ1) is 10.7. The van der Waals surface area contributed by atoms with E-state index in [-0.39, 0.29) is 11.0 Å². The van der Waals surface area contributed by atoms with Crippen molar-refractivity contribution in [2.45, 2.75) is 53.0 Å². The fourth-order valence-corrected chi connectivity index (χ4v) is 4.57. The normalized spacial score (nSPS) is 19.6. The summed E-state index contributed by atoms with van der Waals surface area (Å²) in [7, 11) is 0. The van der Waals surface area contributed by atoms with Gasteiger partial charge in [0, 0.05) is 4.88 Å². The Labute approximate surface area is 139 Å². The molecule has 124 valence electrons. The van der Waals surface area contributed by atoms with E-state index in [0.717, 1.165) is 29.7 Å². The zero-order chi connectivity index (χ0) is 16.9. The van der Waals surface area contributed by atoms with Crippen LogP contribution in [0.3, 0.4) is 0 Å². The van der Waals surface area contributed by atoms with E-state index in [2.05, 4.69) is 25.8 Å². The first kappa shape index (κ1) is 16.2. The first-order valence-corrected chi connectivity index (χ1v) is 8.76. The minimum Gasteiger partial charge on any atom is -0.480 e. The van der Waals surface area contributed by atoms with Crippen LogP contribution in [0.4, 0.5) is 0 Å². The van der Waals surface area contributed by atoms with Crippen molar-refractivity contribution < 1.29 is 9.90 Å². The summed E-state index contributed by atoms with van der Waals surface area (Å²) in [5.74, 6) is -0.423. The summed E-state index contributed by atoms with van der Waals surface area (Å²) in [6, 6.07) is -0.902. The molecule has 0 saturated heterocycles. The van der Waals surface area contributed by atoms with Crippen molar-refractivity contribution in [3.05, 3.63) is 27.1 Å². The van der Waals surface area contributed by atoms with Crippen LogP contribution in [0.15, 0.2) is 11.1 Å². The van der Waals surface area contributed by atoms with Crippen LogP contribution >= 0.6 is 11.3 Å². The number of aryl methyl sites for hydroxylation is 1. The zero-order valence-corrected chi connectivity index (χ0v) is 14.7. The molecule has 1 N–H and O–H groups in total. The molecule has 0 spiro atoms. The van der Waals surface area contributed by atoms with Gasteiger partial charge in [-0.05, 0) is 43.1 Å². The minimum atomic E-state index is -1.02. The number of hydrogen-bond donors (Lipinski definition) is 1. The molecule has 1 aliphatic carbocycles. The van der Waals surface area contributed by atoms with Gasteiger partial charge in [-0.1, -0.05) is 20.8 Å². The average molecular weight is 334 g/mol. The largest absolute Gasteiger partial charge is 0.480 e. The maximum atomic E-state index is 12.8. The van der Waals surface area contributed by atoms with Gasteiger partial charge in [0.2, 0.25) is 0 Å². The third-order valence-electron chi connectivity index (χ3n) is 4.99. The molecule has 0 unspecified atom stereocenters. The fraction of sp³-hybridized carbons (Fsp3) is 0.588. The molecule has 23 heavy (non-hydrogen) atoms. The number of hydrogen-bond acceptors (Lipinski definition) is 4. The van der Waals surface area contributed by atoms with Crippen molar-refractivity contribution >= 4 is 27.5 Å². The molecule has 5 nitrogen and oxygen atoms in total. The van der Waals surface area contributed by atoms with E-state index in [1.807, 2.05) is 0 Å². The second-order valence-electron chi connectivity index (χ2n) is 7.46. The highest BCUT2D eigenvalue weighted by Crippen LogP contribution is 2.41. The molecular formula is C17H22N2O3S. The third kappa shape index (κ3) is 2.69. The molecule has 0 saturated carbocycles. The van der Waals surface area contributed by atoms with Gasteiger partial charge >= 0.3 is 5.97 Å². The highest BCUT2D eigenvalue weighted by Gasteiger charge is 2.32. The van der Waals surface area contributed by atoms with E-state index < -0.39 is 12.0 Å². The van der Waals surface area contributed by atoms with Crippen LogP contribution < -0.4 is 5.56 Å². The van der Waals surface area contributed by atoms with E-state index in [0.29, 0.717) is 11.3 Å². The molecule has 2 aromatic rings. The van der Waals surface area contributed by atoms with Crippen molar-refractivity contribution in [1.82, 2.24) is 9.55 Å². The van der Waals surface area contributed by atoms with E-state index in [9.17, 15) is 9.59 Å². The SMILES string of the molecule is C[C@@H](C(=O)O)n1cnc2sc3c(c2c1=O)CC[C@@H](C(C)(C)C)C3. The zero-order valence-electron chi connectivity index (χ0n) is 13.9. The van der Waals surface area contributed by atoms with E-state index >= 15 is 0 Å². The standard InChI is InChI=1S/C17H22N2O3S/c1-9(16(21)22)19-8-18-14-13(15(19)20)11-6-5-10(17(2,3)4)7-12(11)23-14/h8-10H,5-7H2,1-4H3,(H,21,22)/t9-,10+/m0/s1. The quantitative estimate of drug-likeness (QED) is 0.915. The van der Waals surface area contributed by atoms with Crippen molar-refractivity contribution in [2.24, 2.45) is 11.3 Å². The number of rotatable bonds is 2. The Morgan fingerprint density at radius 3 is 2.78 bits per heavy atom. The molecule has 0 aliphatic heterocycles. The lowest BCUT2D eigenvalue weighted by Gasteiger charge is -2.33. The molecule has 0 bridgehead atoms. The molecule has 0 fully saturated rings. The maximum absolute atomic E-state index is 12.8. The smallest absolute Gasteiger partial charge is 0.326 e. The topological polar surface area (TPSA) is 72.2 Å². The van der Waals surface area contributed by atoms with Crippen LogP contribution in [0.25, 0.3) is 10.2 Å². The second-order valence-corrected chi connectivity index (χ2v) is 8.54. The lowest BCUT2D eigenvalue weighted by molar-refractivity contribution is -0.140. The molecular weight excluding hydrogens is 312 g/mol. The summed E-state index contributed by atoms with van der Waals surface area (Å²) in [6.45, 7) is 8.28. The van der Waals surface area contributed by atoms with Gasteiger partial charge in [-0.25, -0.2) is 9.78 Å². The van der Waals surface area contributed by atoms with Crippen molar-refractivity contribution in [3.63, 3.8) is 0 Å². The Morgan fingerprint density at radius 2 is 2.17 bits per heavy atom. The average Bonchev–Trinajstić information content (AvgIpc) is 2.84. The van der Waals surface area contributed by atoms with E-state index in [4.69, 9.17) is 5.11 Å². The predicted octanol–water partition coefficient (Wildman–Crippen LogP) is 3.25. The van der Waals surface area contributed by atoms with E-state index in [1.54, 1.807) is 11.3 Å². The number of fused-ring (bicyclic) bond motifs is 3. The molecule has 1 aliphatic rings. The van der Waals surface area contributed by atoms with Crippen LogP contribution in [-0.4, -0.2) is 20.6 Å². The molecule has 2 atom stereocenters. The minimum absolute atomic E-state index is 0.225. The molecule has 2 heterocycles. The molecule has 0 aromatic carbocycles. The lowest BCUT2D eigenvalue weighted by atomic mass is 9.72. The predicted molar refractivity (Wildman–Crippen MR) is 91.2 cm³/mol. The van der Waals surface area contributed by atoms with Crippen LogP contribution in [0.2, 0.25) is 0 Å². The second kappa shape index (κ2) is 5.44. The number of nitrogens with zero attached hydrogens (tertiary/aromatic N) is 2. The first-order valence-electron chi connectivity index (χ1n) is 7.94. The molecule has 2 aromatic heterocycles. The number of aromatic nitrogens is 2. The lowest BCUT2D eigenvalue weighted by Crippen LogP contribution is -2.29. The number of carboxylic acid groups (broad SMARTS) is 1. The summed E-state index contributed by atoms with van der Waals surface area (Å²) in [5, 5.41) is 9.79. The summed E-state index contributed by atoms with van der Waals surface area (Å²) < 4.78 is 1.23. The highest BCUT2D eigenvalue weighted by molar-refractivity contribution is 7.18. The molecule has 0 radical (unpaired) electrons. The highest BCUT2D eigenvalue weighted by atomic mass is 32.1. The van der Waals surface area contributed by atoms with E-state index in [1.165, 1.54) is 22.7 Å².